The number of hydrogen-bond acceptors (Lipinski definition) is 13. The Morgan fingerprint density at radius 3 is 1.87 bits per heavy atom. The minimum Gasteiger partial charge on any atom is -0.481 e. The molecule has 0 radical (unpaired) electrons. The topological polar surface area (TPSA) is 432 Å². The largest absolute Gasteiger partial charge is 0.481 e. The molecule has 0 aliphatic heterocycles. The molecule has 0 aliphatic carbocycles. The van der Waals surface area contributed by atoms with Crippen molar-refractivity contribution in [3.8, 4) is 5.75 Å². The number of carbonyl (C=O) groups excluding carboxylic acids is 8. The minimum absolute atomic E-state index is 0.0212. The number of nitrogens with two attached hydrogens (primary N) is 3. The Morgan fingerprint density at radius 1 is 0.726 bits per heavy atom. The molecule has 342 valence electrons. The molecule has 0 aliphatic rings. The third kappa shape index (κ3) is 20.4. The normalized spacial score (nSPS) is 12.9. The molecule has 0 spiro atoms. The Bertz CT molecular complexity index is 1850. The molecule has 1 aromatic rings. The summed E-state index contributed by atoms with van der Waals surface area (Å²) in [5.41, 5.74) is 15.3. The van der Waals surface area contributed by atoms with Crippen molar-refractivity contribution in [3.63, 3.8) is 0 Å². The number of ether oxygens (including phenoxy) is 1. The highest BCUT2D eigenvalue weighted by atomic mass is 16.5. The molecule has 5 atom stereocenters. The Balaban J connectivity index is 3.49. The maximum absolute atomic E-state index is 14.1. The molecule has 0 unspecified atom stereocenters. The number of carboxylic acid groups (broad SMARTS) is 3. The summed E-state index contributed by atoms with van der Waals surface area (Å²) in [6.07, 6.45) is -1.13. The summed E-state index contributed by atoms with van der Waals surface area (Å²) < 4.78 is 5.04. The van der Waals surface area contributed by atoms with E-state index in [1.807, 2.05) is 0 Å². The van der Waals surface area contributed by atoms with E-state index in [1.165, 1.54) is 6.07 Å². The van der Waals surface area contributed by atoms with E-state index in [4.69, 9.17) is 27.0 Å². The van der Waals surface area contributed by atoms with Crippen LogP contribution in [-0.2, 0) is 54.4 Å². The molecule has 1 rings (SSSR count). The number of aliphatic imine (C=N–C) groups is 1. The average Bonchev–Trinajstić information content (AvgIpc) is 3.19. The van der Waals surface area contributed by atoms with Crippen molar-refractivity contribution in [3.05, 3.63) is 29.3 Å². The smallest absolute Gasteiger partial charge is 0.341 e. The van der Waals surface area contributed by atoms with E-state index in [2.05, 4.69) is 42.2 Å². The minimum atomic E-state index is -1.69. The number of nitrogens with one attached hydrogen (secondary N) is 7. The molecule has 62 heavy (non-hydrogen) atoms. The van der Waals surface area contributed by atoms with Gasteiger partial charge in [0.2, 0.25) is 47.3 Å². The van der Waals surface area contributed by atoms with Crippen molar-refractivity contribution < 1.29 is 72.8 Å². The van der Waals surface area contributed by atoms with Crippen molar-refractivity contribution in [2.45, 2.75) is 77.0 Å². The fraction of sp³-hybridized carbons (Fsp3) is 0.500. The summed E-state index contributed by atoms with van der Waals surface area (Å²) in [5, 5.41) is 44.4. The zero-order valence-corrected chi connectivity index (χ0v) is 34.1. The standard InChI is InChI=1S/C36H53N11O15/c1-4-17(2)30(34(59)45-21(6-5-9-40-36(38)39)31(56)43-15-27(51)42-14-26(50)41-13-25(37)49)47-33(58)22(46-32(57)23(12-28(52)53)44-18(3)48)11-19-7-8-24(62-16-29(54)55)20(10-19)35(60)61/h7-8,10,17,21-23,30H,4-6,9,11-16H2,1-3H3,(H2,37,49)(H,41,50)(H,42,51)(H,43,56)(H,44,48)(H,45,59)(H,46,57)(H,47,58)(H,52,53)(H,54,55)(H,60,61)(H4,38,39,40)/t17-,21-,22-,23-,30-/m0/s1. The fourth-order valence-electron chi connectivity index (χ4n) is 5.25. The van der Waals surface area contributed by atoms with Gasteiger partial charge >= 0.3 is 17.9 Å². The second kappa shape index (κ2) is 26.5. The molecule has 0 heterocycles. The summed E-state index contributed by atoms with van der Waals surface area (Å²) in [7, 11) is 0. The van der Waals surface area contributed by atoms with Crippen LogP contribution >= 0.6 is 0 Å². The van der Waals surface area contributed by atoms with Gasteiger partial charge in [-0.3, -0.25) is 48.1 Å². The van der Waals surface area contributed by atoms with E-state index in [0.717, 1.165) is 19.1 Å². The number of guanidine groups is 1. The highest BCUT2D eigenvalue weighted by molar-refractivity contribution is 5.97. The summed E-state index contributed by atoms with van der Waals surface area (Å²) in [6, 6.07) is -2.75. The van der Waals surface area contributed by atoms with E-state index in [0.29, 0.717) is 0 Å². The fourth-order valence-corrected chi connectivity index (χ4v) is 5.25. The van der Waals surface area contributed by atoms with Crippen LogP contribution < -0.4 is 59.2 Å². The van der Waals surface area contributed by atoms with Gasteiger partial charge in [0.15, 0.2) is 12.6 Å². The van der Waals surface area contributed by atoms with Crippen molar-refractivity contribution >= 4 is 71.1 Å². The number of amides is 8. The van der Waals surface area contributed by atoms with Gasteiger partial charge in [-0.1, -0.05) is 26.3 Å². The molecular weight excluding hydrogens is 826 g/mol. The number of nitrogens with zero attached hydrogens (tertiary/aromatic N) is 1. The lowest BCUT2D eigenvalue weighted by Gasteiger charge is -2.29. The molecule has 1 aromatic carbocycles. The summed E-state index contributed by atoms with van der Waals surface area (Å²) in [5.74, 6) is -12.8. The third-order valence-electron chi connectivity index (χ3n) is 8.47. The van der Waals surface area contributed by atoms with Crippen LogP contribution in [-0.4, -0.2) is 143 Å². The molecule has 8 amide bonds. The van der Waals surface area contributed by atoms with Crippen molar-refractivity contribution in [2.24, 2.45) is 28.1 Å². The summed E-state index contributed by atoms with van der Waals surface area (Å²) >= 11 is 0. The van der Waals surface area contributed by atoms with E-state index < -0.39 is 140 Å². The zero-order valence-electron chi connectivity index (χ0n) is 34.1. The zero-order chi connectivity index (χ0) is 47.1. The van der Waals surface area contributed by atoms with Gasteiger partial charge in [0, 0.05) is 19.9 Å². The Labute approximate surface area is 353 Å². The van der Waals surface area contributed by atoms with Gasteiger partial charge in [0.1, 0.15) is 35.5 Å². The van der Waals surface area contributed by atoms with Crippen LogP contribution in [0.15, 0.2) is 23.2 Å². The number of rotatable bonds is 28. The average molecular weight is 880 g/mol. The van der Waals surface area contributed by atoms with E-state index in [9.17, 15) is 63.0 Å². The van der Waals surface area contributed by atoms with Crippen LogP contribution in [0.5, 0.6) is 5.75 Å². The molecule has 26 nitrogen and oxygen atoms in total. The summed E-state index contributed by atoms with van der Waals surface area (Å²) in [4.78, 5) is 140. The van der Waals surface area contributed by atoms with E-state index in [1.54, 1.807) is 13.8 Å². The van der Waals surface area contributed by atoms with Crippen molar-refractivity contribution in [1.29, 1.82) is 0 Å². The van der Waals surface area contributed by atoms with Crippen LogP contribution in [0.1, 0.15) is 62.4 Å². The highest BCUT2D eigenvalue weighted by Gasteiger charge is 2.34. The van der Waals surface area contributed by atoms with Gasteiger partial charge in [-0.15, -0.1) is 0 Å². The number of aromatic carboxylic acids is 1. The van der Waals surface area contributed by atoms with Crippen LogP contribution in [0.2, 0.25) is 0 Å². The highest BCUT2D eigenvalue weighted by Crippen LogP contribution is 2.22. The Morgan fingerprint density at radius 2 is 1.32 bits per heavy atom. The van der Waals surface area contributed by atoms with Gasteiger partial charge in [-0.2, -0.15) is 0 Å². The predicted octanol–water partition coefficient (Wildman–Crippen LogP) is -5.24. The lowest BCUT2D eigenvalue weighted by atomic mass is 9.96. The first-order valence-electron chi connectivity index (χ1n) is 18.8. The molecule has 0 saturated carbocycles. The molecule has 26 heteroatoms. The van der Waals surface area contributed by atoms with Gasteiger partial charge in [-0.25, -0.2) is 9.59 Å². The molecular formula is C36H53N11O15. The number of primary amides is 1. The second-order valence-electron chi connectivity index (χ2n) is 13.6. The maximum Gasteiger partial charge on any atom is 0.341 e. The van der Waals surface area contributed by atoms with E-state index in [-0.39, 0.29) is 43.1 Å². The number of hydrogen-bond donors (Lipinski definition) is 13. The first-order chi connectivity index (χ1) is 29.0. The molecule has 0 fully saturated rings. The number of benzene rings is 1. The first-order valence-corrected chi connectivity index (χ1v) is 18.8. The van der Waals surface area contributed by atoms with Gasteiger partial charge in [0.05, 0.1) is 26.1 Å². The SMILES string of the molecule is CC[C@H](C)[C@H](NC(=O)[C@H](Cc1ccc(OCC(=O)O)c(C(=O)O)c1)NC(=O)[C@H](CC(=O)O)NC(C)=O)C(=O)N[C@@H](CCCN=C(N)N)C(=O)NCC(=O)NCC(=O)NCC(N)=O. The summed E-state index contributed by atoms with van der Waals surface area (Å²) in [6.45, 7) is 1.71. The Kier molecular flexibility index (Phi) is 22.5. The lowest BCUT2D eigenvalue weighted by Crippen LogP contribution is -2.60. The van der Waals surface area contributed by atoms with Gasteiger partial charge < -0.3 is 74.5 Å². The van der Waals surface area contributed by atoms with E-state index >= 15 is 0 Å². The van der Waals surface area contributed by atoms with Crippen molar-refractivity contribution in [1.82, 2.24) is 37.2 Å². The Hall–Kier alpha value is -7.54. The maximum atomic E-state index is 14.1. The molecule has 0 aromatic heterocycles. The van der Waals surface area contributed by atoms with Gasteiger partial charge in [0.25, 0.3) is 0 Å². The quantitative estimate of drug-likeness (QED) is 0.0212. The van der Waals surface area contributed by atoms with Crippen LogP contribution in [0.4, 0.5) is 0 Å². The second-order valence-corrected chi connectivity index (χ2v) is 13.6. The lowest BCUT2D eigenvalue weighted by molar-refractivity contribution is -0.141. The van der Waals surface area contributed by atoms with Crippen LogP contribution in [0.3, 0.4) is 0 Å². The van der Waals surface area contributed by atoms with Crippen molar-refractivity contribution in [2.75, 3.05) is 32.8 Å². The monoisotopic (exact) mass is 879 g/mol. The molecule has 0 saturated heterocycles. The number of carbonyl (C=O) groups is 11. The van der Waals surface area contributed by atoms with Crippen LogP contribution in [0, 0.1) is 5.92 Å². The predicted molar refractivity (Wildman–Crippen MR) is 213 cm³/mol. The molecule has 16 N–H and O–H groups in total. The third-order valence-corrected chi connectivity index (χ3v) is 8.47. The van der Waals surface area contributed by atoms with Gasteiger partial charge in [-0.05, 0) is 36.5 Å². The first kappa shape index (κ1) is 52.5. The molecule has 0 bridgehead atoms. The number of aliphatic carboxylic acids is 2. The number of carboxylic acids is 3. The van der Waals surface area contributed by atoms with Crippen LogP contribution in [0.25, 0.3) is 0 Å².